The van der Waals surface area contributed by atoms with E-state index in [9.17, 15) is 10.1 Å². The van der Waals surface area contributed by atoms with E-state index in [1.165, 1.54) is 23.6 Å². The highest BCUT2D eigenvalue weighted by Crippen LogP contribution is 2.28. The zero-order valence-electron chi connectivity index (χ0n) is 11.7. The van der Waals surface area contributed by atoms with Crippen molar-refractivity contribution < 1.29 is 4.92 Å². The van der Waals surface area contributed by atoms with Gasteiger partial charge in [0.1, 0.15) is 0 Å². The van der Waals surface area contributed by atoms with E-state index in [0.29, 0.717) is 5.56 Å². The maximum Gasteiger partial charge on any atom is 0.278 e. The van der Waals surface area contributed by atoms with Crippen molar-refractivity contribution in [2.75, 3.05) is 12.1 Å². The van der Waals surface area contributed by atoms with Crippen LogP contribution in [0.4, 0.5) is 10.8 Å². The van der Waals surface area contributed by atoms with Crippen LogP contribution in [-0.2, 0) is 0 Å². The van der Waals surface area contributed by atoms with Gasteiger partial charge in [0.05, 0.1) is 26.9 Å². The molecule has 0 unspecified atom stereocenters. The second-order valence-electron chi connectivity index (χ2n) is 4.55. The number of nitro groups is 1. The predicted octanol–water partition coefficient (Wildman–Crippen LogP) is 3.67. The van der Waals surface area contributed by atoms with Crippen molar-refractivity contribution in [3.05, 3.63) is 64.2 Å². The van der Waals surface area contributed by atoms with Gasteiger partial charge in [0.15, 0.2) is 0 Å². The Morgan fingerprint density at radius 1 is 1.23 bits per heavy atom. The fraction of sp³-hybridized carbons (Fsp3) is 0.0667. The molecule has 0 atom stereocenters. The van der Waals surface area contributed by atoms with Gasteiger partial charge in [-0.1, -0.05) is 35.6 Å². The summed E-state index contributed by atoms with van der Waals surface area (Å²) in [6.45, 7) is 0. The quantitative estimate of drug-likeness (QED) is 0.418. The van der Waals surface area contributed by atoms with Gasteiger partial charge in [0.2, 0.25) is 5.13 Å². The minimum Gasteiger partial charge on any atom is -0.258 e. The summed E-state index contributed by atoms with van der Waals surface area (Å²) in [5.41, 5.74) is 1.40. The average Bonchev–Trinajstić information content (AvgIpc) is 2.97. The molecule has 0 saturated carbocycles. The zero-order valence-corrected chi connectivity index (χ0v) is 12.5. The monoisotopic (exact) mass is 312 g/mol. The molecule has 6 nitrogen and oxygen atoms in total. The molecule has 0 aliphatic rings. The highest BCUT2D eigenvalue weighted by Gasteiger charge is 2.11. The van der Waals surface area contributed by atoms with Crippen LogP contribution >= 0.6 is 11.3 Å². The topological polar surface area (TPSA) is 71.6 Å². The van der Waals surface area contributed by atoms with Crippen LogP contribution in [0.2, 0.25) is 0 Å². The van der Waals surface area contributed by atoms with Gasteiger partial charge in [-0.05, 0) is 18.2 Å². The SMILES string of the molecule is CN(/N=C/c1ccccc1[N+](=O)[O-])c1nc2ccccc2s1. The predicted molar refractivity (Wildman–Crippen MR) is 88.7 cm³/mol. The Hall–Kier alpha value is -2.80. The Kier molecular flexibility index (Phi) is 3.80. The summed E-state index contributed by atoms with van der Waals surface area (Å²) in [6, 6.07) is 14.3. The van der Waals surface area contributed by atoms with Crippen LogP contribution < -0.4 is 5.01 Å². The number of rotatable bonds is 4. The molecule has 3 rings (SSSR count). The Balaban J connectivity index is 1.87. The van der Waals surface area contributed by atoms with Crippen molar-refractivity contribution in [3.8, 4) is 0 Å². The summed E-state index contributed by atoms with van der Waals surface area (Å²) in [4.78, 5) is 15.0. The molecule has 110 valence electrons. The van der Waals surface area contributed by atoms with Gasteiger partial charge in [-0.15, -0.1) is 0 Å². The first-order valence-electron chi connectivity index (χ1n) is 6.52. The van der Waals surface area contributed by atoms with E-state index in [1.54, 1.807) is 30.3 Å². The normalized spacial score (nSPS) is 11.1. The number of fused-ring (bicyclic) bond motifs is 1. The number of nitro benzene ring substituents is 1. The fourth-order valence-corrected chi connectivity index (χ4v) is 2.84. The largest absolute Gasteiger partial charge is 0.278 e. The van der Waals surface area contributed by atoms with E-state index in [-0.39, 0.29) is 5.69 Å². The maximum absolute atomic E-state index is 11.0. The van der Waals surface area contributed by atoms with Gasteiger partial charge in [-0.2, -0.15) is 5.10 Å². The number of anilines is 1. The minimum absolute atomic E-state index is 0.0314. The molecule has 0 spiro atoms. The number of hydrogen-bond acceptors (Lipinski definition) is 6. The lowest BCUT2D eigenvalue weighted by molar-refractivity contribution is -0.385. The smallest absolute Gasteiger partial charge is 0.258 e. The molecule has 1 heterocycles. The Morgan fingerprint density at radius 2 is 1.95 bits per heavy atom. The summed E-state index contributed by atoms with van der Waals surface area (Å²) in [5.74, 6) is 0. The van der Waals surface area contributed by atoms with E-state index in [1.807, 2.05) is 24.3 Å². The number of aromatic nitrogens is 1. The second-order valence-corrected chi connectivity index (χ2v) is 5.56. The lowest BCUT2D eigenvalue weighted by Gasteiger charge is -2.07. The molecule has 0 amide bonds. The lowest BCUT2D eigenvalue weighted by Crippen LogP contribution is -2.08. The molecule has 0 saturated heterocycles. The van der Waals surface area contributed by atoms with E-state index < -0.39 is 4.92 Å². The molecule has 1 aromatic heterocycles. The standard InChI is InChI=1S/C15H12N4O2S/c1-18(15-17-12-7-3-5-9-14(12)22-15)16-10-11-6-2-4-8-13(11)19(20)21/h2-10H,1H3/b16-10+. The third kappa shape index (κ3) is 2.79. The highest BCUT2D eigenvalue weighted by atomic mass is 32.1. The summed E-state index contributed by atoms with van der Waals surface area (Å²) < 4.78 is 1.07. The fourth-order valence-electron chi connectivity index (χ4n) is 1.96. The van der Waals surface area contributed by atoms with Gasteiger partial charge < -0.3 is 0 Å². The van der Waals surface area contributed by atoms with Gasteiger partial charge in [-0.25, -0.2) is 9.99 Å². The van der Waals surface area contributed by atoms with Crippen molar-refractivity contribution in [2.45, 2.75) is 0 Å². The number of benzene rings is 2. The Labute approximate surface area is 130 Å². The summed E-state index contributed by atoms with van der Waals surface area (Å²) >= 11 is 1.52. The maximum atomic E-state index is 11.0. The molecule has 0 aliphatic heterocycles. The Bertz CT molecular complexity index is 826. The molecule has 0 N–H and O–H groups in total. The van der Waals surface area contributed by atoms with Gasteiger partial charge in [-0.3, -0.25) is 10.1 Å². The molecule has 7 heteroatoms. The summed E-state index contributed by atoms with van der Waals surface area (Å²) in [5, 5.41) is 17.6. The molecule has 0 aliphatic carbocycles. The first-order chi connectivity index (χ1) is 10.6. The zero-order chi connectivity index (χ0) is 15.5. The van der Waals surface area contributed by atoms with Gasteiger partial charge in [0, 0.05) is 13.1 Å². The van der Waals surface area contributed by atoms with E-state index >= 15 is 0 Å². The molecular formula is C15H12N4O2S. The minimum atomic E-state index is -0.418. The van der Waals surface area contributed by atoms with E-state index in [0.717, 1.165) is 15.3 Å². The summed E-state index contributed by atoms with van der Waals surface area (Å²) in [6.07, 6.45) is 1.48. The third-order valence-corrected chi connectivity index (χ3v) is 4.17. The Morgan fingerprint density at radius 3 is 2.73 bits per heavy atom. The van der Waals surface area contributed by atoms with E-state index in [4.69, 9.17) is 0 Å². The number of hydrogen-bond donors (Lipinski definition) is 0. The molecule has 2 aromatic carbocycles. The van der Waals surface area contributed by atoms with Crippen molar-refractivity contribution in [3.63, 3.8) is 0 Å². The number of hydrazone groups is 1. The molecule has 0 radical (unpaired) electrons. The van der Waals surface area contributed by atoms with Gasteiger partial charge in [0.25, 0.3) is 5.69 Å². The average molecular weight is 312 g/mol. The molecule has 0 bridgehead atoms. The van der Waals surface area contributed by atoms with Crippen LogP contribution in [0.3, 0.4) is 0 Å². The number of thiazole rings is 1. The van der Waals surface area contributed by atoms with Crippen LogP contribution in [0.5, 0.6) is 0 Å². The van der Waals surface area contributed by atoms with Crippen molar-refractivity contribution in [2.24, 2.45) is 5.10 Å². The van der Waals surface area contributed by atoms with Crippen molar-refractivity contribution in [1.82, 2.24) is 4.98 Å². The van der Waals surface area contributed by atoms with E-state index in [2.05, 4.69) is 10.1 Å². The molecule has 0 fully saturated rings. The van der Waals surface area contributed by atoms with Crippen LogP contribution in [0.25, 0.3) is 10.2 Å². The lowest BCUT2D eigenvalue weighted by atomic mass is 10.2. The van der Waals surface area contributed by atoms with Crippen LogP contribution in [-0.4, -0.2) is 23.2 Å². The molecule has 3 aromatic rings. The van der Waals surface area contributed by atoms with Crippen LogP contribution in [0.15, 0.2) is 53.6 Å². The van der Waals surface area contributed by atoms with Crippen LogP contribution in [0, 0.1) is 10.1 Å². The van der Waals surface area contributed by atoms with Crippen LogP contribution in [0.1, 0.15) is 5.56 Å². The number of nitrogens with zero attached hydrogens (tertiary/aromatic N) is 4. The molecular weight excluding hydrogens is 300 g/mol. The van der Waals surface area contributed by atoms with Gasteiger partial charge >= 0.3 is 0 Å². The first kappa shape index (κ1) is 14.2. The summed E-state index contributed by atoms with van der Waals surface area (Å²) in [7, 11) is 1.77. The van der Waals surface area contributed by atoms with Crippen molar-refractivity contribution >= 4 is 38.6 Å². The second kappa shape index (κ2) is 5.90. The highest BCUT2D eigenvalue weighted by molar-refractivity contribution is 7.22. The van der Waals surface area contributed by atoms with Crippen molar-refractivity contribution in [1.29, 1.82) is 0 Å². The number of para-hydroxylation sites is 2. The first-order valence-corrected chi connectivity index (χ1v) is 7.33. The third-order valence-electron chi connectivity index (χ3n) is 3.06. The molecule has 22 heavy (non-hydrogen) atoms.